The van der Waals surface area contributed by atoms with Gasteiger partial charge in [-0.1, -0.05) is 13.7 Å². The van der Waals surface area contributed by atoms with Crippen molar-refractivity contribution in [2.75, 3.05) is 27.2 Å². The molecule has 0 spiro atoms. The number of carbonyl (C=O) groups is 1. The summed E-state index contributed by atoms with van der Waals surface area (Å²) in [5, 5.41) is 0. The van der Waals surface area contributed by atoms with E-state index in [1.165, 1.54) is 0 Å². The van der Waals surface area contributed by atoms with Crippen molar-refractivity contribution in [1.29, 1.82) is 0 Å². The van der Waals surface area contributed by atoms with Crippen molar-refractivity contribution in [2.45, 2.75) is 38.8 Å². The molecule has 0 saturated carbocycles. The summed E-state index contributed by atoms with van der Waals surface area (Å²) in [5.41, 5.74) is -1.67. The zero-order valence-corrected chi connectivity index (χ0v) is 12.0. The van der Waals surface area contributed by atoms with Gasteiger partial charge in [-0.2, -0.15) is 0 Å². The minimum Gasteiger partial charge on any atom is -0.493 e. The Bertz CT molecular complexity index is 1300. The number of nitrogens with zero attached hydrogens (tertiary/aromatic N) is 1. The van der Waals surface area contributed by atoms with Gasteiger partial charge in [-0.05, 0) is 41.9 Å². The van der Waals surface area contributed by atoms with Gasteiger partial charge in [-0.25, -0.2) is 0 Å². The summed E-state index contributed by atoms with van der Waals surface area (Å²) in [7, 11) is -2.15. The molecule has 0 aromatic heterocycles. The van der Waals surface area contributed by atoms with Crippen LogP contribution in [0.4, 0.5) is 0 Å². The third-order valence-corrected chi connectivity index (χ3v) is 3.36. The fourth-order valence-corrected chi connectivity index (χ4v) is 2.34. The Balaban J connectivity index is 2.47. The molecule has 4 heteroatoms. The van der Waals surface area contributed by atoms with Gasteiger partial charge >= 0.3 is 0 Å². The summed E-state index contributed by atoms with van der Waals surface area (Å²) in [5.74, 6) is -11.6. The van der Waals surface area contributed by atoms with Crippen LogP contribution in [0.15, 0.2) is 12.1 Å². The van der Waals surface area contributed by atoms with Crippen LogP contribution in [0.25, 0.3) is 0 Å². The molecule has 23 heavy (non-hydrogen) atoms. The van der Waals surface area contributed by atoms with Crippen molar-refractivity contribution in [2.24, 2.45) is 11.8 Å². The molecular weight excluding hydrogens is 290 g/mol. The number of rotatable bonds is 4. The molecule has 0 amide bonds. The molecular formula is C19H27NO3. The zero-order valence-electron chi connectivity index (χ0n) is 32.0. The van der Waals surface area contributed by atoms with Gasteiger partial charge in [0.2, 0.25) is 0 Å². The number of methoxy groups -OCH3 is 2. The number of hydrogen-bond donors (Lipinski definition) is 0. The fourth-order valence-electron chi connectivity index (χ4n) is 2.34. The highest BCUT2D eigenvalue weighted by Gasteiger charge is 2.38. The third kappa shape index (κ3) is 3.09. The van der Waals surface area contributed by atoms with Crippen molar-refractivity contribution in [3.63, 3.8) is 0 Å². The van der Waals surface area contributed by atoms with E-state index in [4.69, 9.17) is 35.5 Å². The highest BCUT2D eigenvalue weighted by Crippen LogP contribution is 2.42. The maximum absolute atomic E-state index is 13.8. The Morgan fingerprint density at radius 2 is 2.35 bits per heavy atom. The van der Waals surface area contributed by atoms with E-state index in [0.717, 1.165) is 13.2 Å². The first-order valence-corrected chi connectivity index (χ1v) is 6.50. The SMILES string of the molecule is [2H]C([2H])([2H])Oc1cc2c(cc1OC)C([2H])([2H])C([2H])([2H])N1CC([2H])(C([2H])([2H])C([2H])(C([2H])([2H])[2H])C([2H])([2H])[2H])C(=O)C([2H])([2H])C21[2H]. The number of hydrogen-bond acceptors (Lipinski definition) is 4. The van der Waals surface area contributed by atoms with E-state index >= 15 is 0 Å². The summed E-state index contributed by atoms with van der Waals surface area (Å²) in [6, 6.07) is -2.05. The largest absolute Gasteiger partial charge is 0.493 e. The Labute approximate surface area is 166 Å². The number of carbonyl (C=O) groups excluding carboxylic acids is 1. The van der Waals surface area contributed by atoms with Crippen molar-refractivity contribution in [1.82, 2.24) is 4.90 Å². The van der Waals surface area contributed by atoms with Crippen LogP contribution < -0.4 is 9.47 Å². The van der Waals surface area contributed by atoms with Crippen LogP contribution in [0.1, 0.15) is 71.0 Å². The first kappa shape index (κ1) is 4.75. The lowest BCUT2D eigenvalue weighted by molar-refractivity contribution is -0.129. The highest BCUT2D eigenvalue weighted by atomic mass is 16.5. The van der Waals surface area contributed by atoms with Gasteiger partial charge in [-0.15, -0.1) is 0 Å². The molecule has 2 aliphatic heterocycles. The van der Waals surface area contributed by atoms with Gasteiger partial charge in [-0.3, -0.25) is 9.69 Å². The molecule has 2 atom stereocenters. The number of fused-ring (bicyclic) bond motifs is 3. The molecule has 1 aromatic rings. The predicted molar refractivity (Wildman–Crippen MR) is 90.1 cm³/mol. The monoisotopic (exact) mass is 337 g/mol. The zero-order chi connectivity index (χ0) is 34.0. The average Bonchev–Trinajstić information content (AvgIpc) is 2.80. The van der Waals surface area contributed by atoms with Crippen molar-refractivity contribution < 1.29 is 41.7 Å². The minimum atomic E-state index is -4.32. The Morgan fingerprint density at radius 1 is 1.52 bits per heavy atom. The van der Waals surface area contributed by atoms with Crippen LogP contribution >= 0.6 is 0 Å². The molecule has 0 bridgehead atoms. The average molecular weight is 338 g/mol. The summed E-state index contributed by atoms with van der Waals surface area (Å²) >= 11 is 0. The van der Waals surface area contributed by atoms with Crippen LogP contribution in [0.5, 0.6) is 11.5 Å². The van der Waals surface area contributed by atoms with Gasteiger partial charge in [0.1, 0.15) is 5.78 Å². The second-order valence-corrected chi connectivity index (χ2v) is 4.75. The van der Waals surface area contributed by atoms with E-state index in [0.29, 0.717) is 6.07 Å². The molecule has 4 nitrogen and oxygen atoms in total. The quantitative estimate of drug-likeness (QED) is 0.845. The molecule has 2 unspecified atom stereocenters. The highest BCUT2D eigenvalue weighted by molar-refractivity contribution is 5.83. The molecule has 1 fully saturated rings. The number of piperidine rings is 1. The molecule has 0 aliphatic carbocycles. The first-order chi connectivity index (χ1) is 18.7. The maximum atomic E-state index is 13.8. The third-order valence-electron chi connectivity index (χ3n) is 3.36. The van der Waals surface area contributed by atoms with E-state index in [9.17, 15) is 6.17 Å². The van der Waals surface area contributed by atoms with E-state index in [1.54, 1.807) is 0 Å². The van der Waals surface area contributed by atoms with E-state index in [1.807, 2.05) is 0 Å². The maximum Gasteiger partial charge on any atom is 0.161 e. The number of benzene rings is 1. The summed E-state index contributed by atoms with van der Waals surface area (Å²) in [6.45, 7) is -13.6. The molecule has 3 rings (SSSR count). The number of ketones is 1. The van der Waals surface area contributed by atoms with Crippen LogP contribution in [-0.4, -0.2) is 37.9 Å². The van der Waals surface area contributed by atoms with Crippen LogP contribution in [0.2, 0.25) is 0 Å². The van der Waals surface area contributed by atoms with Gasteiger partial charge in [0.15, 0.2) is 11.5 Å². The van der Waals surface area contributed by atoms with Crippen molar-refractivity contribution in [3.8, 4) is 11.5 Å². The molecule has 0 radical (unpaired) electrons. The standard InChI is InChI=1S/C19H27NO3/c1-12(2)7-14-11-20-6-5-13-8-18(22-3)19(23-4)9-15(13)16(20)10-17(14)21/h8-9,12,14,16H,5-7,10-11H2,1-4H3/i1D3,2D3,4D3,5D2,6D2,7D2,10D2,12D,14D,16D. The Morgan fingerprint density at radius 3 is 3.09 bits per heavy atom. The lowest BCUT2D eigenvalue weighted by atomic mass is 9.80. The molecule has 1 saturated heterocycles. The summed E-state index contributed by atoms with van der Waals surface area (Å²) in [6.07, 6.45) is -11.6. The lowest BCUT2D eigenvalue weighted by Gasteiger charge is -2.43. The molecule has 126 valence electrons. The van der Waals surface area contributed by atoms with Gasteiger partial charge < -0.3 is 9.47 Å². The number of Topliss-reactive ketones (excluding diaryl/α,β-unsaturated/α-hetero) is 1. The minimum absolute atomic E-state index is 0.0559. The number of aryl methyl sites for hydroxylation is 1. The van der Waals surface area contributed by atoms with Crippen LogP contribution in [-0.2, 0) is 11.2 Å². The predicted octanol–water partition coefficient (Wildman–Crippen LogP) is 3.24. The molecule has 2 aliphatic rings. The second-order valence-electron chi connectivity index (χ2n) is 4.75. The van der Waals surface area contributed by atoms with Crippen LogP contribution in [0, 0.1) is 11.8 Å². The molecule has 1 aromatic carbocycles. The van der Waals surface area contributed by atoms with Gasteiger partial charge in [0, 0.05) is 53.3 Å². The first-order valence-electron chi connectivity index (χ1n) is 16.5. The van der Waals surface area contributed by atoms with Gasteiger partial charge in [0.05, 0.1) is 19.6 Å². The second kappa shape index (κ2) is 6.52. The van der Waals surface area contributed by atoms with Crippen LogP contribution in [0.3, 0.4) is 0 Å². The molecule has 0 N–H and O–H groups in total. The van der Waals surface area contributed by atoms with E-state index < -0.39 is 99.1 Å². The Kier molecular flexibility index (Phi) is 1.35. The van der Waals surface area contributed by atoms with Gasteiger partial charge in [0.25, 0.3) is 0 Å². The number of ether oxygens (including phenoxy) is 2. The van der Waals surface area contributed by atoms with E-state index in [2.05, 4.69) is 0 Å². The molecule has 2 heterocycles. The summed E-state index contributed by atoms with van der Waals surface area (Å²) in [4.78, 5) is 13.8. The summed E-state index contributed by atoms with van der Waals surface area (Å²) < 4.78 is 173. The topological polar surface area (TPSA) is 38.8 Å². The lowest BCUT2D eigenvalue weighted by Crippen LogP contribution is -2.46. The Hall–Kier alpha value is -1.55. The van der Waals surface area contributed by atoms with Crippen molar-refractivity contribution >= 4 is 5.78 Å². The fraction of sp³-hybridized carbons (Fsp3) is 0.632. The van der Waals surface area contributed by atoms with Crippen molar-refractivity contribution in [3.05, 3.63) is 23.3 Å². The normalized spacial score (nSPS) is 52.8. The van der Waals surface area contributed by atoms with E-state index in [-0.39, 0.29) is 4.90 Å². The smallest absolute Gasteiger partial charge is 0.161 e.